The summed E-state index contributed by atoms with van der Waals surface area (Å²) >= 11 is 0. The first kappa shape index (κ1) is 15.8. The first-order chi connectivity index (χ1) is 9.76. The van der Waals surface area contributed by atoms with Crippen LogP contribution in [0.4, 0.5) is 4.79 Å². The number of amides is 1. The molecule has 0 bridgehead atoms. The lowest BCUT2D eigenvalue weighted by Gasteiger charge is -2.37. The average molecular weight is 290 g/mol. The molecule has 2 atom stereocenters. The number of aryl methyl sites for hydroxylation is 1. The summed E-state index contributed by atoms with van der Waals surface area (Å²) in [5.41, 5.74) is 8.35. The molecule has 2 rings (SSSR count). The van der Waals surface area contributed by atoms with Crippen molar-refractivity contribution < 1.29 is 9.53 Å². The highest BCUT2D eigenvalue weighted by molar-refractivity contribution is 5.68. The van der Waals surface area contributed by atoms with E-state index in [4.69, 9.17) is 10.5 Å². The van der Waals surface area contributed by atoms with Gasteiger partial charge in [-0.25, -0.2) is 4.79 Å². The molecule has 0 aromatic heterocycles. The van der Waals surface area contributed by atoms with Gasteiger partial charge in [-0.1, -0.05) is 29.8 Å². The van der Waals surface area contributed by atoms with E-state index < -0.39 is 5.60 Å². The molecule has 1 aromatic carbocycles. The Labute approximate surface area is 127 Å². The summed E-state index contributed by atoms with van der Waals surface area (Å²) in [6, 6.07) is 8.42. The maximum absolute atomic E-state index is 12.1. The van der Waals surface area contributed by atoms with Crippen molar-refractivity contribution >= 4 is 6.09 Å². The Morgan fingerprint density at radius 3 is 2.67 bits per heavy atom. The second kappa shape index (κ2) is 6.06. The van der Waals surface area contributed by atoms with Crippen LogP contribution in [0.3, 0.4) is 0 Å². The van der Waals surface area contributed by atoms with Crippen molar-refractivity contribution in [2.24, 2.45) is 5.73 Å². The van der Waals surface area contributed by atoms with Gasteiger partial charge in [-0.3, -0.25) is 0 Å². The van der Waals surface area contributed by atoms with Crippen LogP contribution in [0.2, 0.25) is 0 Å². The van der Waals surface area contributed by atoms with E-state index in [1.54, 1.807) is 4.90 Å². The monoisotopic (exact) mass is 290 g/mol. The molecule has 116 valence electrons. The largest absolute Gasteiger partial charge is 0.444 e. The molecule has 1 aliphatic rings. The fourth-order valence-corrected chi connectivity index (χ4v) is 2.79. The summed E-state index contributed by atoms with van der Waals surface area (Å²) in [5.74, 6) is 0.309. The molecule has 1 aliphatic heterocycles. The molecule has 21 heavy (non-hydrogen) atoms. The molecule has 0 radical (unpaired) electrons. The number of carbonyl (C=O) groups excluding carboxylic acids is 1. The van der Waals surface area contributed by atoms with Crippen LogP contribution in [-0.2, 0) is 4.74 Å². The number of nitrogens with two attached hydrogens (primary N) is 1. The zero-order valence-corrected chi connectivity index (χ0v) is 13.4. The van der Waals surface area contributed by atoms with Crippen LogP contribution < -0.4 is 5.73 Å². The third-order valence-corrected chi connectivity index (χ3v) is 3.78. The predicted molar refractivity (Wildman–Crippen MR) is 84.3 cm³/mol. The molecule has 2 unspecified atom stereocenters. The van der Waals surface area contributed by atoms with Crippen LogP contribution in [0, 0.1) is 6.92 Å². The Kier molecular flexibility index (Phi) is 4.57. The molecule has 0 spiro atoms. The first-order valence-corrected chi connectivity index (χ1v) is 7.56. The van der Waals surface area contributed by atoms with Crippen LogP contribution >= 0.6 is 0 Å². The Morgan fingerprint density at radius 1 is 1.38 bits per heavy atom. The van der Waals surface area contributed by atoms with Gasteiger partial charge in [0.05, 0.1) is 0 Å². The third kappa shape index (κ3) is 4.21. The van der Waals surface area contributed by atoms with E-state index in [2.05, 4.69) is 31.2 Å². The summed E-state index contributed by atoms with van der Waals surface area (Å²) in [7, 11) is 0. The number of hydrogen-bond donors (Lipinski definition) is 1. The maximum atomic E-state index is 12.1. The van der Waals surface area contributed by atoms with Gasteiger partial charge >= 0.3 is 6.09 Å². The zero-order valence-electron chi connectivity index (χ0n) is 13.4. The van der Waals surface area contributed by atoms with Crippen molar-refractivity contribution in [2.75, 3.05) is 13.1 Å². The van der Waals surface area contributed by atoms with E-state index in [1.165, 1.54) is 11.1 Å². The quantitative estimate of drug-likeness (QED) is 0.865. The van der Waals surface area contributed by atoms with E-state index in [1.807, 2.05) is 20.8 Å². The normalized spacial score (nSPS) is 23.0. The van der Waals surface area contributed by atoms with Crippen molar-refractivity contribution in [3.63, 3.8) is 0 Å². The van der Waals surface area contributed by atoms with E-state index >= 15 is 0 Å². The van der Waals surface area contributed by atoms with Crippen LogP contribution in [0.15, 0.2) is 24.3 Å². The summed E-state index contributed by atoms with van der Waals surface area (Å²) < 4.78 is 5.42. The topological polar surface area (TPSA) is 55.6 Å². The van der Waals surface area contributed by atoms with Gasteiger partial charge in [-0.05, 0) is 39.7 Å². The van der Waals surface area contributed by atoms with Crippen molar-refractivity contribution in [2.45, 2.75) is 51.7 Å². The molecule has 1 heterocycles. The lowest BCUT2D eigenvalue weighted by molar-refractivity contribution is 0.0186. The lowest BCUT2D eigenvalue weighted by Crippen LogP contribution is -2.50. The Bertz CT molecular complexity index is 508. The van der Waals surface area contributed by atoms with E-state index in [9.17, 15) is 4.79 Å². The highest BCUT2D eigenvalue weighted by Gasteiger charge is 2.32. The maximum Gasteiger partial charge on any atom is 0.410 e. The second-order valence-electron chi connectivity index (χ2n) is 6.90. The standard InChI is InChI=1S/C17H26N2O2/c1-12-6-5-7-13(10-12)14-8-9-19(11-15(14)18)16(20)21-17(2,3)4/h5-7,10,14-15H,8-9,11,18H2,1-4H3. The highest BCUT2D eigenvalue weighted by atomic mass is 16.6. The van der Waals surface area contributed by atoms with Gasteiger partial charge in [0.15, 0.2) is 0 Å². The van der Waals surface area contributed by atoms with Crippen LogP contribution in [0.1, 0.15) is 44.2 Å². The minimum atomic E-state index is -0.464. The van der Waals surface area contributed by atoms with E-state index in [0.29, 0.717) is 19.0 Å². The van der Waals surface area contributed by atoms with Gasteiger partial charge in [-0.2, -0.15) is 0 Å². The number of hydrogen-bond acceptors (Lipinski definition) is 3. The van der Waals surface area contributed by atoms with Gasteiger partial charge in [0.2, 0.25) is 0 Å². The van der Waals surface area contributed by atoms with Gasteiger partial charge in [-0.15, -0.1) is 0 Å². The first-order valence-electron chi connectivity index (χ1n) is 7.56. The van der Waals surface area contributed by atoms with Crippen molar-refractivity contribution in [3.05, 3.63) is 35.4 Å². The fraction of sp³-hybridized carbons (Fsp3) is 0.588. The summed E-state index contributed by atoms with van der Waals surface area (Å²) in [6.45, 7) is 8.97. The van der Waals surface area contributed by atoms with Crippen molar-refractivity contribution in [1.29, 1.82) is 0 Å². The average Bonchev–Trinajstić information content (AvgIpc) is 2.36. The predicted octanol–water partition coefficient (Wildman–Crippen LogP) is 3.05. The molecular formula is C17H26N2O2. The van der Waals surface area contributed by atoms with Gasteiger partial charge in [0, 0.05) is 25.0 Å². The number of likely N-dealkylation sites (tertiary alicyclic amines) is 1. The van der Waals surface area contributed by atoms with E-state index in [0.717, 1.165) is 6.42 Å². The number of benzene rings is 1. The highest BCUT2D eigenvalue weighted by Crippen LogP contribution is 2.28. The Balaban J connectivity index is 2.01. The number of rotatable bonds is 1. The van der Waals surface area contributed by atoms with Crippen molar-refractivity contribution in [1.82, 2.24) is 4.90 Å². The Morgan fingerprint density at radius 2 is 2.10 bits per heavy atom. The molecule has 2 N–H and O–H groups in total. The second-order valence-corrected chi connectivity index (χ2v) is 6.90. The molecule has 1 saturated heterocycles. The molecule has 0 aliphatic carbocycles. The smallest absolute Gasteiger partial charge is 0.410 e. The molecule has 1 fully saturated rings. The third-order valence-electron chi connectivity index (χ3n) is 3.78. The molecule has 4 nitrogen and oxygen atoms in total. The Hall–Kier alpha value is -1.55. The SMILES string of the molecule is Cc1cccc(C2CCN(C(=O)OC(C)(C)C)CC2N)c1. The number of nitrogens with zero attached hydrogens (tertiary/aromatic N) is 1. The molecule has 1 aromatic rings. The summed E-state index contributed by atoms with van der Waals surface area (Å²) in [5, 5.41) is 0. The minimum Gasteiger partial charge on any atom is -0.444 e. The molecule has 4 heteroatoms. The van der Waals surface area contributed by atoms with Gasteiger partial charge < -0.3 is 15.4 Å². The minimum absolute atomic E-state index is 0.0481. The van der Waals surface area contributed by atoms with E-state index in [-0.39, 0.29) is 12.1 Å². The van der Waals surface area contributed by atoms with Crippen LogP contribution in [0.25, 0.3) is 0 Å². The number of carbonyl (C=O) groups is 1. The molecule has 0 saturated carbocycles. The fourth-order valence-electron chi connectivity index (χ4n) is 2.79. The van der Waals surface area contributed by atoms with Gasteiger partial charge in [0.1, 0.15) is 5.60 Å². The number of piperidine rings is 1. The molecular weight excluding hydrogens is 264 g/mol. The lowest BCUT2D eigenvalue weighted by atomic mass is 9.85. The van der Waals surface area contributed by atoms with Crippen molar-refractivity contribution in [3.8, 4) is 0 Å². The van der Waals surface area contributed by atoms with Crippen LogP contribution in [0.5, 0.6) is 0 Å². The molecule has 1 amide bonds. The summed E-state index contributed by atoms with van der Waals surface area (Å²) in [6.07, 6.45) is 0.616. The van der Waals surface area contributed by atoms with Gasteiger partial charge in [0.25, 0.3) is 0 Å². The zero-order chi connectivity index (χ0) is 15.6. The number of ether oxygens (including phenoxy) is 1. The van der Waals surface area contributed by atoms with Crippen LogP contribution in [-0.4, -0.2) is 35.7 Å². The summed E-state index contributed by atoms with van der Waals surface area (Å²) in [4.78, 5) is 13.8.